The number of carbonyl (C=O) groups is 2. The summed E-state index contributed by atoms with van der Waals surface area (Å²) in [4.78, 5) is 30.5. The first-order valence-electron chi connectivity index (χ1n) is 8.47. The van der Waals surface area contributed by atoms with Gasteiger partial charge in [-0.1, -0.05) is 17.7 Å². The van der Waals surface area contributed by atoms with Crippen molar-refractivity contribution in [3.05, 3.63) is 28.5 Å². The zero-order valence-corrected chi connectivity index (χ0v) is 16.8. The number of halogens is 1. The first-order valence-corrected chi connectivity index (χ1v) is 8.84. The second-order valence-electron chi connectivity index (χ2n) is 8.24. The molecule has 0 saturated carbocycles. The number of alkyl carbamates (subject to hydrolysis) is 1. The molecule has 0 radical (unpaired) electrons. The average Bonchev–Trinajstić information content (AvgIpc) is 2.43. The number of ether oxygens (including phenoxy) is 2. The van der Waals surface area contributed by atoms with Crippen LogP contribution in [0.15, 0.2) is 12.1 Å². The van der Waals surface area contributed by atoms with E-state index in [-0.39, 0.29) is 6.54 Å². The van der Waals surface area contributed by atoms with Crippen LogP contribution < -0.4 is 5.32 Å². The van der Waals surface area contributed by atoms with E-state index in [1.54, 1.807) is 53.7 Å². The molecule has 2 rings (SSSR count). The molecule has 2 amide bonds. The first kappa shape index (κ1) is 20.3. The molecule has 2 heterocycles. The Morgan fingerprint density at radius 3 is 2.35 bits per heavy atom. The van der Waals surface area contributed by atoms with E-state index in [1.807, 2.05) is 0 Å². The normalized spacial score (nSPS) is 17.3. The molecule has 7 nitrogen and oxygen atoms in total. The lowest BCUT2D eigenvalue weighted by Crippen LogP contribution is -2.47. The van der Waals surface area contributed by atoms with Gasteiger partial charge in [0.25, 0.3) is 0 Å². The topological polar surface area (TPSA) is 80.8 Å². The quantitative estimate of drug-likeness (QED) is 0.740. The molecule has 0 aromatic carbocycles. The lowest BCUT2D eigenvalue weighted by molar-refractivity contribution is 0.0172. The maximum absolute atomic E-state index is 12.5. The summed E-state index contributed by atoms with van der Waals surface area (Å²) in [6.45, 7) is 11.3. The molecule has 1 atom stereocenters. The summed E-state index contributed by atoms with van der Waals surface area (Å²) in [5.41, 5.74) is 0.188. The van der Waals surface area contributed by atoms with Crippen molar-refractivity contribution >= 4 is 23.8 Å². The zero-order valence-electron chi connectivity index (χ0n) is 16.1. The number of pyridine rings is 1. The summed E-state index contributed by atoms with van der Waals surface area (Å²) in [7, 11) is 0. The average molecular weight is 384 g/mol. The van der Waals surface area contributed by atoms with Crippen LogP contribution in [0.5, 0.6) is 0 Å². The number of carbonyl (C=O) groups excluding carboxylic acids is 2. The number of hydrogen-bond acceptors (Lipinski definition) is 5. The highest BCUT2D eigenvalue weighted by Crippen LogP contribution is 2.28. The van der Waals surface area contributed by atoms with E-state index >= 15 is 0 Å². The van der Waals surface area contributed by atoms with Gasteiger partial charge in [0.1, 0.15) is 16.4 Å². The lowest BCUT2D eigenvalue weighted by atomic mass is 10.0. The number of nitrogens with one attached hydrogen (secondary N) is 1. The Morgan fingerprint density at radius 2 is 1.77 bits per heavy atom. The van der Waals surface area contributed by atoms with Crippen molar-refractivity contribution in [1.29, 1.82) is 0 Å². The standard InChI is InChI=1S/C18H26ClN3O4/c1-17(2,3)25-15(23)20-12-10-22(16(24)26-18(4,5)6)9-11-7-8-13(19)21-14(11)12/h7-8,12H,9-10H2,1-6H3,(H,20,23). The number of nitrogens with zero attached hydrogens (tertiary/aromatic N) is 2. The summed E-state index contributed by atoms with van der Waals surface area (Å²) in [6, 6.07) is 2.91. The molecule has 1 aromatic rings. The van der Waals surface area contributed by atoms with Gasteiger partial charge in [-0.15, -0.1) is 0 Å². The van der Waals surface area contributed by atoms with Gasteiger partial charge >= 0.3 is 12.2 Å². The molecule has 1 aromatic heterocycles. The van der Waals surface area contributed by atoms with E-state index in [0.717, 1.165) is 5.56 Å². The third-order valence-electron chi connectivity index (χ3n) is 3.42. The second-order valence-corrected chi connectivity index (χ2v) is 8.63. The molecule has 26 heavy (non-hydrogen) atoms. The molecule has 1 aliphatic rings. The van der Waals surface area contributed by atoms with Crippen LogP contribution >= 0.6 is 11.6 Å². The predicted octanol–water partition coefficient (Wildman–Crippen LogP) is 4.05. The Kier molecular flexibility index (Phi) is 5.70. The minimum Gasteiger partial charge on any atom is -0.444 e. The second kappa shape index (κ2) is 7.31. The highest BCUT2D eigenvalue weighted by atomic mass is 35.5. The van der Waals surface area contributed by atoms with Gasteiger partial charge in [-0.2, -0.15) is 0 Å². The van der Waals surface area contributed by atoms with Gasteiger partial charge in [0.05, 0.1) is 24.8 Å². The molecule has 144 valence electrons. The Labute approximate surface area is 159 Å². The van der Waals surface area contributed by atoms with Crippen molar-refractivity contribution in [2.24, 2.45) is 0 Å². The SMILES string of the molecule is CC(C)(C)OC(=O)NC1CN(C(=O)OC(C)(C)C)Cc2ccc(Cl)nc21. The molecule has 0 spiro atoms. The van der Waals surface area contributed by atoms with E-state index in [9.17, 15) is 9.59 Å². The molecule has 0 aliphatic carbocycles. The van der Waals surface area contributed by atoms with Gasteiger partial charge in [0, 0.05) is 0 Å². The van der Waals surface area contributed by atoms with E-state index in [2.05, 4.69) is 10.3 Å². The van der Waals surface area contributed by atoms with Gasteiger partial charge in [-0.05, 0) is 53.2 Å². The molecule has 1 unspecified atom stereocenters. The molecule has 0 bridgehead atoms. The Balaban J connectivity index is 2.23. The zero-order chi connectivity index (χ0) is 19.7. The number of aromatic nitrogens is 1. The van der Waals surface area contributed by atoms with E-state index in [1.165, 1.54) is 4.90 Å². The molecular formula is C18H26ClN3O4. The fourth-order valence-corrected chi connectivity index (χ4v) is 2.67. The van der Waals surface area contributed by atoms with Gasteiger partial charge in [0.2, 0.25) is 0 Å². The maximum Gasteiger partial charge on any atom is 0.410 e. The van der Waals surface area contributed by atoms with Crippen LogP contribution in [0.4, 0.5) is 9.59 Å². The van der Waals surface area contributed by atoms with Crippen LogP contribution in [0, 0.1) is 0 Å². The summed E-state index contributed by atoms with van der Waals surface area (Å²) in [6.07, 6.45) is -1.03. The fourth-order valence-electron chi connectivity index (χ4n) is 2.52. The maximum atomic E-state index is 12.5. The number of amides is 2. The minimum absolute atomic E-state index is 0.217. The van der Waals surface area contributed by atoms with Crippen LogP contribution in [-0.4, -0.2) is 39.8 Å². The fraction of sp³-hybridized carbons (Fsp3) is 0.611. The Bertz CT molecular complexity index is 695. The molecule has 1 aliphatic heterocycles. The largest absolute Gasteiger partial charge is 0.444 e. The van der Waals surface area contributed by atoms with Gasteiger partial charge in [-0.25, -0.2) is 14.6 Å². The molecule has 0 fully saturated rings. The van der Waals surface area contributed by atoms with Gasteiger partial charge in [0.15, 0.2) is 0 Å². The Hall–Kier alpha value is -2.02. The van der Waals surface area contributed by atoms with E-state index < -0.39 is 29.4 Å². The van der Waals surface area contributed by atoms with Crippen LogP contribution in [-0.2, 0) is 16.0 Å². The van der Waals surface area contributed by atoms with Crippen LogP contribution in [0.1, 0.15) is 58.8 Å². The van der Waals surface area contributed by atoms with Gasteiger partial charge in [-0.3, -0.25) is 0 Å². The summed E-state index contributed by atoms with van der Waals surface area (Å²) >= 11 is 6.01. The van der Waals surface area contributed by atoms with Crippen LogP contribution in [0.25, 0.3) is 0 Å². The highest BCUT2D eigenvalue weighted by molar-refractivity contribution is 6.29. The van der Waals surface area contributed by atoms with E-state index in [4.69, 9.17) is 21.1 Å². The van der Waals surface area contributed by atoms with Crippen LogP contribution in [0.3, 0.4) is 0 Å². The molecular weight excluding hydrogens is 358 g/mol. The predicted molar refractivity (Wildman–Crippen MR) is 98.0 cm³/mol. The smallest absolute Gasteiger partial charge is 0.410 e. The summed E-state index contributed by atoms with van der Waals surface area (Å²) < 4.78 is 10.8. The number of rotatable bonds is 1. The third kappa shape index (κ3) is 5.76. The van der Waals surface area contributed by atoms with Crippen LogP contribution in [0.2, 0.25) is 5.15 Å². The van der Waals surface area contributed by atoms with Crippen molar-refractivity contribution in [3.8, 4) is 0 Å². The summed E-state index contributed by atoms with van der Waals surface area (Å²) in [5.74, 6) is 0. The molecule has 1 N–H and O–H groups in total. The third-order valence-corrected chi connectivity index (χ3v) is 3.63. The molecule has 8 heteroatoms. The van der Waals surface area contributed by atoms with Crippen molar-refractivity contribution in [1.82, 2.24) is 15.2 Å². The van der Waals surface area contributed by atoms with Gasteiger partial charge < -0.3 is 19.7 Å². The van der Waals surface area contributed by atoms with Crippen molar-refractivity contribution in [2.45, 2.75) is 65.3 Å². The molecule has 0 saturated heterocycles. The number of fused-ring (bicyclic) bond motifs is 1. The number of hydrogen-bond donors (Lipinski definition) is 1. The van der Waals surface area contributed by atoms with Crippen molar-refractivity contribution in [2.75, 3.05) is 6.54 Å². The minimum atomic E-state index is -0.631. The monoisotopic (exact) mass is 383 g/mol. The van der Waals surface area contributed by atoms with E-state index in [0.29, 0.717) is 17.4 Å². The highest BCUT2D eigenvalue weighted by Gasteiger charge is 2.33. The Morgan fingerprint density at radius 1 is 1.15 bits per heavy atom. The van der Waals surface area contributed by atoms with Crippen molar-refractivity contribution < 1.29 is 19.1 Å². The lowest BCUT2D eigenvalue weighted by Gasteiger charge is -2.35. The van der Waals surface area contributed by atoms with Crippen molar-refractivity contribution in [3.63, 3.8) is 0 Å². The summed E-state index contributed by atoms with van der Waals surface area (Å²) in [5, 5.41) is 3.10. The first-order chi connectivity index (χ1) is 11.8.